The van der Waals surface area contributed by atoms with Gasteiger partial charge in [-0.05, 0) is 37.0 Å². The van der Waals surface area contributed by atoms with E-state index >= 15 is 0 Å². The SMILES string of the molecule is CCCN(CCC(C)C)c1cc(C(F)(F)CC)cc(-c2ccnc3c2C(C(F)(F)F)OC(=O)N3)n1. The Hall–Kier alpha value is -2.98. The molecule has 1 unspecified atom stereocenters. The molecule has 3 rings (SSSR count). The molecule has 0 fully saturated rings. The van der Waals surface area contributed by atoms with Gasteiger partial charge in [0.1, 0.15) is 11.6 Å². The van der Waals surface area contributed by atoms with Crippen molar-refractivity contribution in [1.29, 1.82) is 0 Å². The Morgan fingerprint density at radius 2 is 1.86 bits per heavy atom. The fourth-order valence-corrected chi connectivity index (χ4v) is 3.84. The van der Waals surface area contributed by atoms with Crippen molar-refractivity contribution in [2.45, 2.75) is 65.2 Å². The van der Waals surface area contributed by atoms with Gasteiger partial charge in [-0.15, -0.1) is 0 Å². The maximum absolute atomic E-state index is 14.9. The Balaban J connectivity index is 2.24. The van der Waals surface area contributed by atoms with Gasteiger partial charge < -0.3 is 9.64 Å². The fraction of sp³-hybridized carbons (Fsp3) is 0.542. The van der Waals surface area contributed by atoms with Gasteiger partial charge in [0.05, 0.1) is 11.3 Å². The number of nitrogens with zero attached hydrogens (tertiary/aromatic N) is 3. The molecule has 2 aromatic rings. The minimum atomic E-state index is -4.94. The van der Waals surface area contributed by atoms with E-state index in [2.05, 4.69) is 20.0 Å². The molecule has 3 heterocycles. The van der Waals surface area contributed by atoms with Crippen molar-refractivity contribution in [2.75, 3.05) is 23.3 Å². The minimum absolute atomic E-state index is 0.0797. The Kier molecular flexibility index (Phi) is 7.86. The van der Waals surface area contributed by atoms with Gasteiger partial charge in [-0.25, -0.2) is 23.5 Å². The smallest absolute Gasteiger partial charge is 0.430 e. The highest BCUT2D eigenvalue weighted by Gasteiger charge is 2.49. The summed E-state index contributed by atoms with van der Waals surface area (Å²) in [4.78, 5) is 21.9. The second-order valence-electron chi connectivity index (χ2n) is 8.90. The van der Waals surface area contributed by atoms with E-state index in [-0.39, 0.29) is 28.5 Å². The fourth-order valence-electron chi connectivity index (χ4n) is 3.84. The second-order valence-corrected chi connectivity index (χ2v) is 8.90. The summed E-state index contributed by atoms with van der Waals surface area (Å²) < 4.78 is 75.7. The summed E-state index contributed by atoms with van der Waals surface area (Å²) in [6.45, 7) is 8.45. The molecule has 192 valence electrons. The number of rotatable bonds is 9. The van der Waals surface area contributed by atoms with Crippen LogP contribution in [0.1, 0.15) is 64.2 Å². The van der Waals surface area contributed by atoms with Crippen LogP contribution < -0.4 is 10.2 Å². The number of ether oxygens (including phenoxy) is 1. The number of carbonyl (C=O) groups excluding carboxylic acids is 1. The van der Waals surface area contributed by atoms with Crippen LogP contribution in [0.15, 0.2) is 24.4 Å². The topological polar surface area (TPSA) is 67.4 Å². The highest BCUT2D eigenvalue weighted by Crippen LogP contribution is 2.46. The van der Waals surface area contributed by atoms with Crippen molar-refractivity contribution in [1.82, 2.24) is 9.97 Å². The third-order valence-corrected chi connectivity index (χ3v) is 5.74. The van der Waals surface area contributed by atoms with Crippen molar-refractivity contribution < 1.29 is 31.5 Å². The highest BCUT2D eigenvalue weighted by molar-refractivity contribution is 5.89. The summed E-state index contributed by atoms with van der Waals surface area (Å²) in [5.41, 5.74) is -0.990. The van der Waals surface area contributed by atoms with E-state index in [9.17, 15) is 26.7 Å². The number of alkyl halides is 5. The van der Waals surface area contributed by atoms with Gasteiger partial charge in [-0.3, -0.25) is 5.32 Å². The lowest BCUT2D eigenvalue weighted by atomic mass is 9.96. The summed E-state index contributed by atoms with van der Waals surface area (Å²) >= 11 is 0. The number of fused-ring (bicyclic) bond motifs is 1. The van der Waals surface area contributed by atoms with Crippen LogP contribution >= 0.6 is 0 Å². The average Bonchev–Trinajstić information content (AvgIpc) is 2.79. The van der Waals surface area contributed by atoms with E-state index in [1.165, 1.54) is 25.3 Å². The molecule has 0 bridgehead atoms. The molecule has 35 heavy (non-hydrogen) atoms. The molecule has 1 N–H and O–H groups in total. The highest BCUT2D eigenvalue weighted by atomic mass is 19.4. The van der Waals surface area contributed by atoms with E-state index in [0.717, 1.165) is 18.9 Å². The first-order valence-corrected chi connectivity index (χ1v) is 11.6. The van der Waals surface area contributed by atoms with Crippen molar-refractivity contribution in [3.8, 4) is 11.3 Å². The molecule has 1 aliphatic rings. The molecule has 0 aliphatic carbocycles. The first-order chi connectivity index (χ1) is 16.4. The molecule has 0 saturated heterocycles. The van der Waals surface area contributed by atoms with Crippen LogP contribution in [0.4, 0.5) is 38.4 Å². The summed E-state index contributed by atoms with van der Waals surface area (Å²) in [7, 11) is 0. The summed E-state index contributed by atoms with van der Waals surface area (Å²) in [6.07, 6.45) is -6.63. The van der Waals surface area contributed by atoms with Gasteiger partial charge in [-0.2, -0.15) is 13.2 Å². The predicted molar refractivity (Wildman–Crippen MR) is 123 cm³/mol. The van der Waals surface area contributed by atoms with Crippen LogP contribution in [0.3, 0.4) is 0 Å². The van der Waals surface area contributed by atoms with Crippen LogP contribution in [0.5, 0.6) is 0 Å². The van der Waals surface area contributed by atoms with E-state index in [1.54, 1.807) is 0 Å². The molecule has 11 heteroatoms. The van der Waals surface area contributed by atoms with Crippen LogP contribution in [-0.2, 0) is 10.7 Å². The number of halogens is 5. The molecular formula is C24H29F5N4O2. The molecule has 0 radical (unpaired) electrons. The lowest BCUT2D eigenvalue weighted by molar-refractivity contribution is -0.206. The standard InChI is InChI=1S/C24H29F5N4O2/c1-5-10-33(11-8-14(3)4)18-13-15(23(25,26)6-2)12-17(31-18)16-7-9-30-21-19(16)20(24(27,28)29)35-22(34)32-21/h7,9,12-14,20H,5-6,8,10-11H2,1-4H3,(H,30,32,34). The molecule has 0 saturated carbocycles. The maximum Gasteiger partial charge on any atom is 0.430 e. The van der Waals surface area contributed by atoms with Crippen molar-refractivity contribution in [3.05, 3.63) is 35.5 Å². The summed E-state index contributed by atoms with van der Waals surface area (Å²) in [5.74, 6) is -2.95. The maximum atomic E-state index is 14.9. The Morgan fingerprint density at radius 1 is 1.14 bits per heavy atom. The number of cyclic esters (lactones) is 1. The number of amides is 1. The van der Waals surface area contributed by atoms with E-state index in [1.807, 2.05) is 25.7 Å². The predicted octanol–water partition coefficient (Wildman–Crippen LogP) is 7.07. The van der Waals surface area contributed by atoms with Gasteiger partial charge in [0, 0.05) is 36.8 Å². The normalized spacial score (nSPS) is 16.1. The number of hydrogen-bond acceptors (Lipinski definition) is 5. The number of aromatic nitrogens is 2. The zero-order valence-corrected chi connectivity index (χ0v) is 20.0. The van der Waals surface area contributed by atoms with E-state index in [4.69, 9.17) is 0 Å². The molecular weight excluding hydrogens is 471 g/mol. The number of nitrogens with one attached hydrogen (secondary N) is 1. The third-order valence-electron chi connectivity index (χ3n) is 5.74. The number of pyridine rings is 2. The largest absolute Gasteiger partial charge is 0.431 e. The quantitative estimate of drug-likeness (QED) is 0.373. The van der Waals surface area contributed by atoms with Crippen LogP contribution in [0.2, 0.25) is 0 Å². The van der Waals surface area contributed by atoms with Crippen LogP contribution in [0.25, 0.3) is 11.3 Å². The summed E-state index contributed by atoms with van der Waals surface area (Å²) in [5, 5.41) is 2.16. The van der Waals surface area contributed by atoms with Gasteiger partial charge in [-0.1, -0.05) is 27.7 Å². The molecule has 1 atom stereocenters. The van der Waals surface area contributed by atoms with Crippen molar-refractivity contribution in [3.63, 3.8) is 0 Å². The number of carbonyl (C=O) groups is 1. The molecule has 0 spiro atoms. The molecule has 0 aromatic carbocycles. The number of anilines is 2. The first kappa shape index (κ1) is 26.6. The third kappa shape index (κ3) is 5.99. The average molecular weight is 501 g/mol. The number of hydrogen-bond donors (Lipinski definition) is 1. The monoisotopic (exact) mass is 500 g/mol. The Morgan fingerprint density at radius 3 is 2.46 bits per heavy atom. The van der Waals surface area contributed by atoms with Crippen LogP contribution in [-0.4, -0.2) is 35.3 Å². The minimum Gasteiger partial charge on any atom is -0.431 e. The van der Waals surface area contributed by atoms with E-state index in [0.29, 0.717) is 19.0 Å². The molecule has 1 aliphatic heterocycles. The van der Waals surface area contributed by atoms with E-state index < -0.39 is 36.3 Å². The zero-order chi connectivity index (χ0) is 26.0. The Labute approximate surface area is 200 Å². The lowest BCUT2D eigenvalue weighted by Crippen LogP contribution is -2.34. The first-order valence-electron chi connectivity index (χ1n) is 11.6. The Bertz CT molecular complexity index is 1060. The van der Waals surface area contributed by atoms with Gasteiger partial charge in [0.2, 0.25) is 6.10 Å². The van der Waals surface area contributed by atoms with Gasteiger partial charge >= 0.3 is 12.3 Å². The van der Waals surface area contributed by atoms with Crippen LogP contribution in [0, 0.1) is 5.92 Å². The van der Waals surface area contributed by atoms with Gasteiger partial charge in [0.15, 0.2) is 0 Å². The van der Waals surface area contributed by atoms with Crippen molar-refractivity contribution in [2.24, 2.45) is 5.92 Å². The lowest BCUT2D eigenvalue weighted by Gasteiger charge is -2.30. The second kappa shape index (κ2) is 10.3. The zero-order valence-electron chi connectivity index (χ0n) is 20.0. The molecule has 2 aromatic heterocycles. The van der Waals surface area contributed by atoms with Crippen molar-refractivity contribution >= 4 is 17.7 Å². The van der Waals surface area contributed by atoms with Gasteiger partial charge in [0.25, 0.3) is 5.92 Å². The molecule has 6 nitrogen and oxygen atoms in total. The molecule has 1 amide bonds. The summed E-state index contributed by atoms with van der Waals surface area (Å²) in [6, 6.07) is 3.66.